The van der Waals surface area contributed by atoms with Crippen molar-refractivity contribution >= 4 is 17.8 Å². The molecule has 7 heavy (non-hydrogen) atoms. The fraction of sp³-hybridized carbons (Fsp3) is 0.667. The van der Waals surface area contributed by atoms with Crippen LogP contribution in [-0.4, -0.2) is 19.7 Å². The Morgan fingerprint density at radius 2 is 2.43 bits per heavy atom. The van der Waals surface area contributed by atoms with Gasteiger partial charge in [-0.3, -0.25) is 4.29 Å². The predicted octanol–water partition coefficient (Wildman–Crippen LogP) is 0.330. The van der Waals surface area contributed by atoms with Gasteiger partial charge in [-0.05, 0) is 0 Å². The Kier molecular flexibility index (Phi) is 3.74. The van der Waals surface area contributed by atoms with Crippen molar-refractivity contribution in [1.82, 2.24) is 0 Å². The van der Waals surface area contributed by atoms with Crippen molar-refractivity contribution in [3.63, 3.8) is 0 Å². The molecule has 0 spiro atoms. The summed E-state index contributed by atoms with van der Waals surface area (Å²) < 4.78 is 8.03. The molecule has 0 saturated carbocycles. The van der Waals surface area contributed by atoms with E-state index in [1.165, 1.54) is 7.11 Å². The van der Waals surface area contributed by atoms with Gasteiger partial charge in [-0.25, -0.2) is 4.79 Å². The number of carbonyl (C=O) groups excluding carboxylic acids is 1. The van der Waals surface area contributed by atoms with Crippen LogP contribution in [0.2, 0.25) is 0 Å². The molecule has 0 bridgehead atoms. The highest BCUT2D eigenvalue weighted by atomic mass is 35.5. The Hall–Kier alpha value is -0.280. The van der Waals surface area contributed by atoms with Gasteiger partial charge < -0.3 is 4.74 Å². The molecule has 42 valence electrons. The van der Waals surface area contributed by atoms with E-state index in [1.807, 2.05) is 0 Å². The molecule has 0 aliphatic carbocycles. The van der Waals surface area contributed by atoms with Crippen molar-refractivity contribution in [2.24, 2.45) is 0 Å². The molecule has 3 nitrogen and oxygen atoms in total. The molecular weight excluding hydrogens is 119 g/mol. The van der Waals surface area contributed by atoms with Crippen LogP contribution in [0.3, 0.4) is 0 Å². The number of esters is 1. The van der Waals surface area contributed by atoms with E-state index in [-0.39, 0.29) is 6.61 Å². The third-order valence-electron chi connectivity index (χ3n) is 0.400. The van der Waals surface area contributed by atoms with E-state index in [9.17, 15) is 4.79 Å². The molecule has 0 N–H and O–H groups in total. The van der Waals surface area contributed by atoms with E-state index < -0.39 is 5.97 Å². The molecule has 0 heterocycles. The summed E-state index contributed by atoms with van der Waals surface area (Å²) in [6.45, 7) is -0.196. The van der Waals surface area contributed by atoms with E-state index in [4.69, 9.17) is 0 Å². The maximum atomic E-state index is 9.98. The summed E-state index contributed by atoms with van der Waals surface area (Å²) in [4.78, 5) is 9.98. The molecule has 0 aromatic heterocycles. The second kappa shape index (κ2) is 3.89. The van der Waals surface area contributed by atoms with E-state index in [2.05, 4.69) is 20.9 Å². The highest BCUT2D eigenvalue weighted by Crippen LogP contribution is 1.79. The summed E-state index contributed by atoms with van der Waals surface area (Å²) in [5.74, 6) is -0.477. The largest absolute Gasteiger partial charge is 0.467 e. The molecule has 0 radical (unpaired) electrons. The lowest BCUT2D eigenvalue weighted by atomic mass is 10.8. The van der Waals surface area contributed by atoms with E-state index in [0.29, 0.717) is 0 Å². The molecule has 4 heteroatoms. The van der Waals surface area contributed by atoms with Gasteiger partial charge in [0.1, 0.15) is 0 Å². The summed E-state index contributed by atoms with van der Waals surface area (Å²) >= 11 is 4.67. The zero-order valence-electron chi connectivity index (χ0n) is 3.81. The second-order valence-corrected chi connectivity index (χ2v) is 1.05. The smallest absolute Gasteiger partial charge is 0.333 e. The molecule has 0 aliphatic rings. The molecule has 0 unspecified atom stereocenters. The average Bonchev–Trinajstić information content (AvgIpc) is 1.68. The Morgan fingerprint density at radius 1 is 1.86 bits per heavy atom. The van der Waals surface area contributed by atoms with Crippen LogP contribution < -0.4 is 0 Å². The summed E-state index contributed by atoms with van der Waals surface area (Å²) in [6, 6.07) is 0. The Bertz CT molecular complexity index is 63.2. The van der Waals surface area contributed by atoms with Gasteiger partial charge in [-0.2, -0.15) is 0 Å². The predicted molar refractivity (Wildman–Crippen MR) is 23.8 cm³/mol. The Balaban J connectivity index is 3.00. The van der Waals surface area contributed by atoms with Crippen molar-refractivity contribution in [1.29, 1.82) is 0 Å². The number of methoxy groups -OCH3 is 1. The minimum atomic E-state index is -0.477. The molecule has 0 saturated heterocycles. The number of hydrogen-bond donors (Lipinski definition) is 0. The Labute approximate surface area is 46.3 Å². The van der Waals surface area contributed by atoms with Gasteiger partial charge in [0.05, 0.1) is 19.0 Å². The molecule has 0 fully saturated rings. The van der Waals surface area contributed by atoms with Crippen LogP contribution in [0.4, 0.5) is 0 Å². The lowest BCUT2D eigenvalue weighted by Crippen LogP contribution is -2.05. The van der Waals surface area contributed by atoms with Crippen molar-refractivity contribution in [2.75, 3.05) is 13.7 Å². The molecule has 0 atom stereocenters. The zero-order valence-corrected chi connectivity index (χ0v) is 4.57. The molecule has 0 rings (SSSR count). The molecule has 0 aromatic rings. The summed E-state index contributed by atoms with van der Waals surface area (Å²) in [5, 5.41) is 0. The van der Waals surface area contributed by atoms with E-state index in [1.54, 1.807) is 0 Å². The van der Waals surface area contributed by atoms with Crippen LogP contribution in [0.5, 0.6) is 0 Å². The van der Waals surface area contributed by atoms with Crippen molar-refractivity contribution in [3.8, 4) is 0 Å². The van der Waals surface area contributed by atoms with Crippen LogP contribution in [0.25, 0.3) is 0 Å². The number of hydrogen-bond acceptors (Lipinski definition) is 3. The van der Waals surface area contributed by atoms with Crippen LogP contribution in [0.15, 0.2) is 0 Å². The first-order chi connectivity index (χ1) is 3.31. The van der Waals surface area contributed by atoms with Crippen LogP contribution in [0, 0.1) is 0 Å². The van der Waals surface area contributed by atoms with Crippen LogP contribution in [0.1, 0.15) is 0 Å². The number of carbonyl (C=O) groups is 1. The quantitative estimate of drug-likeness (QED) is 0.498. The highest BCUT2D eigenvalue weighted by Gasteiger charge is 1.95. The summed E-state index contributed by atoms with van der Waals surface area (Å²) in [6.07, 6.45) is 0. The van der Waals surface area contributed by atoms with Gasteiger partial charge in [0.25, 0.3) is 0 Å². The lowest BCUT2D eigenvalue weighted by Gasteiger charge is -1.90. The molecule has 0 aliphatic heterocycles. The van der Waals surface area contributed by atoms with Crippen LogP contribution >= 0.6 is 11.9 Å². The minimum absolute atomic E-state index is 0.196. The first-order valence-corrected chi connectivity index (χ1v) is 1.92. The van der Waals surface area contributed by atoms with Crippen molar-refractivity contribution in [2.45, 2.75) is 0 Å². The van der Waals surface area contributed by atoms with Crippen molar-refractivity contribution < 1.29 is 13.8 Å². The molecular formula is C3H5ClO3. The van der Waals surface area contributed by atoms with Gasteiger partial charge in [0.15, 0.2) is 6.61 Å². The van der Waals surface area contributed by atoms with E-state index >= 15 is 0 Å². The summed E-state index contributed by atoms with van der Waals surface area (Å²) in [5.41, 5.74) is 0. The SMILES string of the molecule is COC(=O)COCl. The van der Waals surface area contributed by atoms with Gasteiger partial charge >= 0.3 is 5.97 Å². The third kappa shape index (κ3) is 3.55. The summed E-state index contributed by atoms with van der Waals surface area (Å²) in [7, 11) is 1.26. The average molecular weight is 125 g/mol. The van der Waals surface area contributed by atoms with Crippen molar-refractivity contribution in [3.05, 3.63) is 0 Å². The van der Waals surface area contributed by atoms with Crippen LogP contribution in [-0.2, 0) is 13.8 Å². The Morgan fingerprint density at radius 3 is 2.57 bits per heavy atom. The number of rotatable bonds is 2. The first kappa shape index (κ1) is 6.72. The molecule has 0 amide bonds. The molecule has 0 aromatic carbocycles. The van der Waals surface area contributed by atoms with Gasteiger partial charge in [0, 0.05) is 0 Å². The minimum Gasteiger partial charge on any atom is -0.467 e. The second-order valence-electron chi connectivity index (χ2n) is 0.830. The highest BCUT2D eigenvalue weighted by molar-refractivity contribution is 6.08. The maximum Gasteiger partial charge on any atom is 0.333 e. The van der Waals surface area contributed by atoms with Gasteiger partial charge in [-0.1, -0.05) is 0 Å². The number of ether oxygens (including phenoxy) is 1. The topological polar surface area (TPSA) is 35.5 Å². The number of halogens is 1. The third-order valence-corrected chi connectivity index (χ3v) is 0.509. The maximum absolute atomic E-state index is 9.98. The monoisotopic (exact) mass is 124 g/mol. The fourth-order valence-electron chi connectivity index (χ4n) is 0.103. The van der Waals surface area contributed by atoms with E-state index in [0.717, 1.165) is 0 Å². The normalized spacial score (nSPS) is 8.29. The standard InChI is InChI=1S/C3H5ClO3/c1-6-3(5)2-7-4/h2H2,1H3. The fourth-order valence-corrected chi connectivity index (χ4v) is 0.193. The first-order valence-electron chi connectivity index (χ1n) is 1.61. The zero-order chi connectivity index (χ0) is 5.70. The van der Waals surface area contributed by atoms with Gasteiger partial charge in [0.2, 0.25) is 0 Å². The lowest BCUT2D eigenvalue weighted by molar-refractivity contribution is -0.142. The van der Waals surface area contributed by atoms with Gasteiger partial charge in [-0.15, -0.1) is 0 Å².